The zero-order chi connectivity index (χ0) is 31.2. The summed E-state index contributed by atoms with van der Waals surface area (Å²) in [7, 11) is 0. The number of rotatable bonds is 3. The predicted molar refractivity (Wildman–Crippen MR) is 161 cm³/mol. The predicted octanol–water partition coefficient (Wildman–Crippen LogP) is 6.18. The van der Waals surface area contributed by atoms with Crippen LogP contribution in [0.1, 0.15) is 81.7 Å². The van der Waals surface area contributed by atoms with Crippen molar-refractivity contribution in [2.24, 2.45) is 11.3 Å². The number of hydrogen-bond acceptors (Lipinski definition) is 5. The number of ether oxygens (including phenoxy) is 2. The zero-order valence-electron chi connectivity index (χ0n) is 26.1. The van der Waals surface area contributed by atoms with Crippen LogP contribution >= 0.6 is 0 Å². The Balaban J connectivity index is 1.14. The summed E-state index contributed by atoms with van der Waals surface area (Å²) in [6, 6.07) is 7.36. The van der Waals surface area contributed by atoms with Gasteiger partial charge in [0.05, 0.1) is 5.69 Å². The van der Waals surface area contributed by atoms with Crippen LogP contribution in [-0.4, -0.2) is 80.4 Å². The van der Waals surface area contributed by atoms with E-state index in [0.717, 1.165) is 47.1 Å². The maximum Gasteiger partial charge on any atom is 0.410 e. The Kier molecular flexibility index (Phi) is 6.66. The number of aromatic nitrogens is 3. The molecule has 3 aromatic rings. The molecule has 1 N–H and O–H groups in total. The van der Waals surface area contributed by atoms with Crippen LogP contribution in [-0.2, 0) is 22.3 Å². The average Bonchev–Trinajstić information content (AvgIpc) is 3.33. The third-order valence-corrected chi connectivity index (χ3v) is 10.0. The highest BCUT2D eigenvalue weighted by Gasteiger charge is 2.78. The van der Waals surface area contributed by atoms with Gasteiger partial charge < -0.3 is 24.3 Å². The van der Waals surface area contributed by atoms with Gasteiger partial charge in [-0.3, -0.25) is 4.79 Å². The van der Waals surface area contributed by atoms with Crippen molar-refractivity contribution in [3.8, 4) is 11.4 Å². The molecule has 11 heteroatoms. The lowest BCUT2D eigenvalue weighted by Crippen LogP contribution is -2.56. The van der Waals surface area contributed by atoms with E-state index in [2.05, 4.69) is 4.98 Å². The summed E-state index contributed by atoms with van der Waals surface area (Å²) in [5.41, 5.74) is 2.88. The SMILES string of the molecule is C[C@H]1CN(C(=O)c2ccc3cc(-c4nn(C5CCCCO5)c5c4C[C@@H]4C(F)(F)C4(C)C5)[nH]c3c2)CCN1C(=O)OC(C)(C)C. The van der Waals surface area contributed by atoms with E-state index in [1.807, 2.05) is 56.6 Å². The topological polar surface area (TPSA) is 92.7 Å². The maximum atomic E-state index is 14.9. The highest BCUT2D eigenvalue weighted by molar-refractivity contribution is 5.99. The first-order chi connectivity index (χ1) is 20.8. The van der Waals surface area contributed by atoms with Crippen LogP contribution in [0.5, 0.6) is 0 Å². The van der Waals surface area contributed by atoms with Crippen molar-refractivity contribution in [2.45, 2.75) is 90.5 Å². The molecule has 236 valence electrons. The summed E-state index contributed by atoms with van der Waals surface area (Å²) < 4.78 is 43.3. The minimum Gasteiger partial charge on any atom is -0.444 e. The lowest BCUT2D eigenvalue weighted by molar-refractivity contribution is -0.0418. The number of fused-ring (bicyclic) bond motifs is 3. The summed E-state index contributed by atoms with van der Waals surface area (Å²) in [6.07, 6.45) is 2.78. The van der Waals surface area contributed by atoms with Gasteiger partial charge in [0.2, 0.25) is 0 Å². The van der Waals surface area contributed by atoms with Gasteiger partial charge in [0.15, 0.2) is 0 Å². The number of benzene rings is 1. The van der Waals surface area contributed by atoms with Crippen molar-refractivity contribution in [1.29, 1.82) is 0 Å². The van der Waals surface area contributed by atoms with E-state index in [9.17, 15) is 18.4 Å². The summed E-state index contributed by atoms with van der Waals surface area (Å²) in [5, 5.41) is 5.91. The molecule has 2 amide bonds. The van der Waals surface area contributed by atoms with Crippen LogP contribution in [0.15, 0.2) is 24.3 Å². The smallest absolute Gasteiger partial charge is 0.410 e. The number of hydrogen-bond donors (Lipinski definition) is 1. The molecule has 0 spiro atoms. The molecule has 2 saturated heterocycles. The van der Waals surface area contributed by atoms with E-state index in [-0.39, 0.29) is 37.1 Å². The maximum absolute atomic E-state index is 14.9. The van der Waals surface area contributed by atoms with Gasteiger partial charge >= 0.3 is 6.09 Å². The molecule has 7 rings (SSSR count). The second-order valence-corrected chi connectivity index (χ2v) is 14.3. The first-order valence-electron chi connectivity index (χ1n) is 15.8. The summed E-state index contributed by atoms with van der Waals surface area (Å²) >= 11 is 0. The summed E-state index contributed by atoms with van der Waals surface area (Å²) in [6.45, 7) is 11.0. The minimum atomic E-state index is -2.69. The second kappa shape index (κ2) is 10.0. The molecule has 2 aliphatic carbocycles. The number of carbonyl (C=O) groups is 2. The van der Waals surface area contributed by atoms with E-state index in [1.165, 1.54) is 0 Å². The fourth-order valence-electron chi connectivity index (χ4n) is 7.40. The van der Waals surface area contributed by atoms with E-state index >= 15 is 0 Å². The molecule has 9 nitrogen and oxygen atoms in total. The Morgan fingerprint density at radius 1 is 1.16 bits per heavy atom. The van der Waals surface area contributed by atoms with Gasteiger partial charge in [-0.05, 0) is 71.6 Å². The van der Waals surface area contributed by atoms with Crippen molar-refractivity contribution >= 4 is 22.9 Å². The van der Waals surface area contributed by atoms with Crippen LogP contribution in [0.3, 0.4) is 0 Å². The van der Waals surface area contributed by atoms with Crippen molar-refractivity contribution in [2.75, 3.05) is 26.2 Å². The Morgan fingerprint density at radius 3 is 2.66 bits per heavy atom. The minimum absolute atomic E-state index is 0.106. The van der Waals surface area contributed by atoms with E-state index in [1.54, 1.807) is 16.7 Å². The number of alkyl halides is 2. The van der Waals surface area contributed by atoms with Gasteiger partial charge in [-0.15, -0.1) is 0 Å². The van der Waals surface area contributed by atoms with Gasteiger partial charge in [0.1, 0.15) is 17.5 Å². The molecule has 44 heavy (non-hydrogen) atoms. The number of aromatic amines is 1. The molecule has 2 aliphatic heterocycles. The molecule has 1 saturated carbocycles. The van der Waals surface area contributed by atoms with Crippen LogP contribution in [0.25, 0.3) is 22.3 Å². The number of nitrogens with one attached hydrogen (secondary N) is 1. The zero-order valence-corrected chi connectivity index (χ0v) is 26.1. The van der Waals surface area contributed by atoms with Crippen molar-refractivity contribution in [3.63, 3.8) is 0 Å². The first-order valence-corrected chi connectivity index (χ1v) is 15.8. The summed E-state index contributed by atoms with van der Waals surface area (Å²) in [5.74, 6) is -3.48. The molecule has 4 heterocycles. The molecule has 3 fully saturated rings. The lowest BCUT2D eigenvalue weighted by atomic mass is 9.87. The van der Waals surface area contributed by atoms with Crippen molar-refractivity contribution in [1.82, 2.24) is 24.6 Å². The monoisotopic (exact) mass is 609 g/mol. The van der Waals surface area contributed by atoms with Crippen molar-refractivity contribution in [3.05, 3.63) is 41.1 Å². The van der Waals surface area contributed by atoms with Crippen LogP contribution in [0.2, 0.25) is 0 Å². The first kappa shape index (κ1) is 29.3. The third-order valence-electron chi connectivity index (χ3n) is 10.0. The fourth-order valence-corrected chi connectivity index (χ4v) is 7.40. The van der Waals surface area contributed by atoms with Gasteiger partial charge in [-0.2, -0.15) is 5.10 Å². The molecule has 4 atom stereocenters. The molecule has 0 bridgehead atoms. The van der Waals surface area contributed by atoms with Crippen molar-refractivity contribution < 1.29 is 27.8 Å². The van der Waals surface area contributed by atoms with Crippen LogP contribution in [0.4, 0.5) is 13.6 Å². The standard InChI is InChI=1S/C33H41F2N5O4/c1-19-18-38(11-12-39(19)30(42)44-31(2,3)4)29(41)21-10-9-20-14-24(36-23(20)15-21)28-22-16-26-32(5,33(26,34)35)17-25(22)40(37-28)27-8-6-7-13-43-27/h9-10,14-15,19,26-27,36H,6-8,11-13,16-18H2,1-5H3/t19-,26-,27?,32?/m0/s1. The van der Waals surface area contributed by atoms with Gasteiger partial charge in [0, 0.05) is 77.8 Å². The summed E-state index contributed by atoms with van der Waals surface area (Å²) in [4.78, 5) is 33.1. The van der Waals surface area contributed by atoms with Gasteiger partial charge in [0.25, 0.3) is 11.8 Å². The van der Waals surface area contributed by atoms with E-state index in [4.69, 9.17) is 14.6 Å². The Hall–Kier alpha value is -3.47. The van der Waals surface area contributed by atoms with Gasteiger partial charge in [-0.1, -0.05) is 13.0 Å². The Morgan fingerprint density at radius 2 is 1.95 bits per heavy atom. The molecule has 2 unspecified atom stereocenters. The normalized spacial score (nSPS) is 28.0. The molecular weight excluding hydrogens is 568 g/mol. The lowest BCUT2D eigenvalue weighted by Gasteiger charge is -2.40. The number of amides is 2. The van der Waals surface area contributed by atoms with Gasteiger partial charge in [-0.25, -0.2) is 18.3 Å². The number of piperazine rings is 1. The number of carbonyl (C=O) groups excluding carboxylic acids is 2. The highest BCUT2D eigenvalue weighted by Crippen LogP contribution is 2.70. The Labute approximate surface area is 255 Å². The molecule has 1 aromatic carbocycles. The fraction of sp³-hybridized carbons (Fsp3) is 0.606. The molecule has 0 radical (unpaired) electrons. The second-order valence-electron chi connectivity index (χ2n) is 14.3. The number of nitrogens with zero attached hydrogens (tertiary/aromatic N) is 4. The molecule has 2 aromatic heterocycles. The van der Waals surface area contributed by atoms with E-state index in [0.29, 0.717) is 37.5 Å². The third kappa shape index (κ3) is 4.69. The number of halogens is 2. The van der Waals surface area contributed by atoms with Crippen LogP contribution in [0, 0.1) is 11.3 Å². The average molecular weight is 610 g/mol. The van der Waals surface area contributed by atoms with Crippen LogP contribution < -0.4 is 0 Å². The molecule has 4 aliphatic rings. The largest absolute Gasteiger partial charge is 0.444 e. The quantitative estimate of drug-likeness (QED) is 0.383. The van der Waals surface area contributed by atoms with E-state index < -0.39 is 22.9 Å². The number of H-pyrrole nitrogens is 1. The highest BCUT2D eigenvalue weighted by atomic mass is 19.3. The Bertz CT molecular complexity index is 1630. The molecular formula is C33H41F2N5O4.